The van der Waals surface area contributed by atoms with Crippen molar-refractivity contribution in [3.05, 3.63) is 109 Å². The van der Waals surface area contributed by atoms with Gasteiger partial charge < -0.3 is 11.1 Å². The van der Waals surface area contributed by atoms with Crippen molar-refractivity contribution in [2.24, 2.45) is 0 Å². The van der Waals surface area contributed by atoms with Gasteiger partial charge in [-0.15, -0.1) is 0 Å². The summed E-state index contributed by atoms with van der Waals surface area (Å²) in [6.07, 6.45) is 0. The second kappa shape index (κ2) is 9.06. The molecule has 36 heavy (non-hydrogen) atoms. The van der Waals surface area contributed by atoms with E-state index >= 15 is 0 Å². The summed E-state index contributed by atoms with van der Waals surface area (Å²) in [5.41, 5.74) is 12.1. The Morgan fingerprint density at radius 1 is 0.583 bits per heavy atom. The van der Waals surface area contributed by atoms with Gasteiger partial charge in [0.1, 0.15) is 0 Å². The highest BCUT2D eigenvalue weighted by Gasteiger charge is 2.67. The smallest absolute Gasteiger partial charge is 0.187 e. The summed E-state index contributed by atoms with van der Waals surface area (Å²) in [5, 5.41) is 9.03. The van der Waals surface area contributed by atoms with Crippen molar-refractivity contribution in [1.82, 2.24) is 0 Å². The number of nitrogens with two attached hydrogens (primary N) is 1. The molecule has 2 nitrogen and oxygen atoms in total. The molecular weight excluding hydrogens is 435 g/mol. The van der Waals surface area contributed by atoms with Crippen LogP contribution in [0.25, 0.3) is 21.5 Å². The molecule has 0 aromatic heterocycles. The Morgan fingerprint density at radius 2 is 1.06 bits per heavy atom. The van der Waals surface area contributed by atoms with Gasteiger partial charge in [0, 0.05) is 16.5 Å². The number of benzene rings is 5. The third kappa shape index (κ3) is 4.13. The molecular formula is C33H35BN2. The Balaban J connectivity index is 0.000000165. The molecule has 0 radical (unpaired) electrons. The van der Waals surface area contributed by atoms with E-state index in [1.807, 2.05) is 42.5 Å². The van der Waals surface area contributed by atoms with Gasteiger partial charge in [-0.2, -0.15) is 0 Å². The topological polar surface area (TPSA) is 38.0 Å². The highest BCUT2D eigenvalue weighted by Crippen LogP contribution is 2.73. The maximum absolute atomic E-state index is 6.47. The maximum atomic E-state index is 6.47. The van der Waals surface area contributed by atoms with Crippen LogP contribution in [-0.4, -0.2) is 6.71 Å². The predicted octanol–water partition coefficient (Wildman–Crippen LogP) is 8.59. The van der Waals surface area contributed by atoms with Crippen molar-refractivity contribution in [2.75, 3.05) is 11.1 Å². The summed E-state index contributed by atoms with van der Waals surface area (Å²) < 4.78 is 0. The Labute approximate surface area is 215 Å². The number of para-hydroxylation sites is 1. The monoisotopic (exact) mass is 470 g/mol. The van der Waals surface area contributed by atoms with Crippen molar-refractivity contribution >= 4 is 50.8 Å². The van der Waals surface area contributed by atoms with Gasteiger partial charge in [0.05, 0.1) is 11.4 Å². The van der Waals surface area contributed by atoms with E-state index in [1.165, 1.54) is 21.8 Å². The molecule has 1 saturated heterocycles. The van der Waals surface area contributed by atoms with E-state index in [-0.39, 0.29) is 0 Å². The minimum absolute atomic E-state index is 0.461. The van der Waals surface area contributed by atoms with Crippen LogP contribution < -0.4 is 16.5 Å². The SMILES string of the molecule is Cc1ccc(B2C(C)(C)C2(C)C)cc1.Nc1c(Nc2ccccc2)c2ccccc2c2ccccc12. The second-order valence-corrected chi connectivity index (χ2v) is 11.2. The first-order valence-electron chi connectivity index (χ1n) is 12.8. The number of anilines is 3. The van der Waals surface area contributed by atoms with Crippen LogP contribution in [0.2, 0.25) is 10.6 Å². The number of hydrogen-bond donors (Lipinski definition) is 2. The van der Waals surface area contributed by atoms with Crippen molar-refractivity contribution < 1.29 is 0 Å². The fourth-order valence-electron chi connectivity index (χ4n) is 5.76. The van der Waals surface area contributed by atoms with Crippen LogP contribution in [0, 0.1) is 6.92 Å². The molecule has 180 valence electrons. The van der Waals surface area contributed by atoms with Crippen LogP contribution in [0.3, 0.4) is 0 Å². The van der Waals surface area contributed by atoms with Gasteiger partial charge in [-0.25, -0.2) is 0 Å². The third-order valence-corrected chi connectivity index (χ3v) is 8.45. The Morgan fingerprint density at radius 3 is 1.61 bits per heavy atom. The molecule has 0 spiro atoms. The van der Waals surface area contributed by atoms with Gasteiger partial charge in [-0.3, -0.25) is 0 Å². The third-order valence-electron chi connectivity index (χ3n) is 8.45. The fraction of sp³-hybridized carbons (Fsp3) is 0.212. The molecule has 1 aliphatic heterocycles. The molecule has 1 heterocycles. The minimum atomic E-state index is 0.461. The molecule has 0 aliphatic carbocycles. The van der Waals surface area contributed by atoms with Crippen molar-refractivity contribution in [3.63, 3.8) is 0 Å². The minimum Gasteiger partial charge on any atom is -0.397 e. The van der Waals surface area contributed by atoms with Crippen LogP contribution in [-0.2, 0) is 0 Å². The number of nitrogen functional groups attached to an aromatic ring is 1. The van der Waals surface area contributed by atoms with Gasteiger partial charge in [0.2, 0.25) is 0 Å². The highest BCUT2D eigenvalue weighted by atomic mass is 14.9. The normalized spacial score (nSPS) is 15.3. The summed E-state index contributed by atoms with van der Waals surface area (Å²) >= 11 is 0. The number of aryl methyl sites for hydroxylation is 1. The molecule has 0 amide bonds. The van der Waals surface area contributed by atoms with E-state index in [2.05, 4.69) is 101 Å². The number of nitrogens with one attached hydrogen (secondary N) is 1. The number of fused-ring (bicyclic) bond motifs is 3. The molecule has 3 N–H and O–H groups in total. The van der Waals surface area contributed by atoms with E-state index in [0.29, 0.717) is 10.6 Å². The Hall–Kier alpha value is -3.72. The Kier molecular flexibility index (Phi) is 6.04. The van der Waals surface area contributed by atoms with Crippen LogP contribution in [0.5, 0.6) is 0 Å². The highest BCUT2D eigenvalue weighted by molar-refractivity contribution is 6.89. The lowest BCUT2D eigenvalue weighted by Crippen LogP contribution is -2.19. The van der Waals surface area contributed by atoms with E-state index in [4.69, 9.17) is 5.73 Å². The van der Waals surface area contributed by atoms with Gasteiger partial charge in [0.25, 0.3) is 0 Å². The lowest BCUT2D eigenvalue weighted by molar-refractivity contribution is 0.628. The van der Waals surface area contributed by atoms with E-state index < -0.39 is 0 Å². The molecule has 1 fully saturated rings. The summed E-state index contributed by atoms with van der Waals surface area (Å²) in [4.78, 5) is 0. The first-order valence-corrected chi connectivity index (χ1v) is 12.8. The van der Waals surface area contributed by atoms with E-state index in [9.17, 15) is 0 Å². The Bertz CT molecular complexity index is 1510. The fourth-order valence-corrected chi connectivity index (χ4v) is 5.76. The molecule has 0 unspecified atom stereocenters. The first kappa shape index (κ1) is 24.0. The predicted molar refractivity (Wildman–Crippen MR) is 160 cm³/mol. The molecule has 0 atom stereocenters. The first-order chi connectivity index (χ1) is 17.2. The van der Waals surface area contributed by atoms with Crippen molar-refractivity contribution in [3.8, 4) is 0 Å². The molecule has 5 aromatic rings. The number of hydrogen-bond acceptors (Lipinski definition) is 2. The molecule has 0 saturated carbocycles. The van der Waals surface area contributed by atoms with Gasteiger partial charge in [-0.05, 0) is 29.8 Å². The molecule has 1 aliphatic rings. The van der Waals surface area contributed by atoms with Crippen LogP contribution in [0.15, 0.2) is 103 Å². The van der Waals surface area contributed by atoms with Crippen molar-refractivity contribution in [2.45, 2.75) is 45.2 Å². The maximum Gasteiger partial charge on any atom is 0.187 e. The summed E-state index contributed by atoms with van der Waals surface area (Å²) in [6, 6.07) is 35.8. The molecule has 6 rings (SSSR count). The standard InChI is InChI=1S/C20H16N2.C13H19B/c21-19-17-12-6-4-10-15(17)16-11-5-7-13-18(16)20(19)22-14-8-2-1-3-9-14;1-10-6-8-11(9-7-10)14-12(2,3)13(14,4)5/h1-13,22H,21H2;6-9H,1-5H3. The van der Waals surface area contributed by atoms with Crippen molar-refractivity contribution in [1.29, 1.82) is 0 Å². The van der Waals surface area contributed by atoms with Gasteiger partial charge in [0.15, 0.2) is 6.71 Å². The largest absolute Gasteiger partial charge is 0.397 e. The number of rotatable bonds is 3. The van der Waals surface area contributed by atoms with E-state index in [0.717, 1.165) is 34.5 Å². The lowest BCUT2D eigenvalue weighted by atomic mass is 9.53. The van der Waals surface area contributed by atoms with Gasteiger partial charge in [-0.1, -0.05) is 140 Å². The van der Waals surface area contributed by atoms with Crippen LogP contribution in [0.4, 0.5) is 17.1 Å². The molecule has 0 bridgehead atoms. The second-order valence-electron chi connectivity index (χ2n) is 11.2. The van der Waals surface area contributed by atoms with Crippen LogP contribution in [0.1, 0.15) is 33.3 Å². The lowest BCUT2D eigenvalue weighted by Gasteiger charge is -2.16. The summed E-state index contributed by atoms with van der Waals surface area (Å²) in [6.45, 7) is 12.4. The quantitative estimate of drug-likeness (QED) is 0.120. The zero-order valence-electron chi connectivity index (χ0n) is 22.0. The zero-order valence-corrected chi connectivity index (χ0v) is 22.0. The summed E-state index contributed by atoms with van der Waals surface area (Å²) in [5.74, 6) is 0. The van der Waals surface area contributed by atoms with E-state index in [1.54, 1.807) is 0 Å². The summed E-state index contributed by atoms with van der Waals surface area (Å²) in [7, 11) is 0. The van der Waals surface area contributed by atoms with Crippen LogP contribution >= 0.6 is 0 Å². The zero-order chi connectivity index (χ0) is 25.5. The van der Waals surface area contributed by atoms with Gasteiger partial charge >= 0.3 is 0 Å². The molecule has 3 heteroatoms. The average molecular weight is 470 g/mol. The molecule has 5 aromatic carbocycles. The average Bonchev–Trinajstić information content (AvgIpc) is 3.31.